The van der Waals surface area contributed by atoms with Gasteiger partial charge >= 0.3 is 0 Å². The molecule has 1 aromatic carbocycles. The maximum atomic E-state index is 12.8. The van der Waals surface area contributed by atoms with E-state index in [1.54, 1.807) is 12.4 Å². The number of nitrogens with one attached hydrogen (secondary N) is 3. The molecule has 0 unspecified atom stereocenters. The van der Waals surface area contributed by atoms with Crippen LogP contribution in [0.2, 0.25) is 0 Å². The number of H-pyrrole nitrogens is 1. The van der Waals surface area contributed by atoms with Crippen LogP contribution in [0.25, 0.3) is 0 Å². The summed E-state index contributed by atoms with van der Waals surface area (Å²) in [4.78, 5) is 19.8. The van der Waals surface area contributed by atoms with Gasteiger partial charge in [0.15, 0.2) is 0 Å². The number of aromatic nitrogens is 2. The summed E-state index contributed by atoms with van der Waals surface area (Å²) in [6.45, 7) is 1.70. The van der Waals surface area contributed by atoms with Crippen molar-refractivity contribution in [2.24, 2.45) is 0 Å². The maximum absolute atomic E-state index is 12.8. The highest BCUT2D eigenvalue weighted by molar-refractivity contribution is 5.98. The molecule has 104 valence electrons. The van der Waals surface area contributed by atoms with Crippen LogP contribution in [0, 0.1) is 0 Å². The lowest BCUT2D eigenvalue weighted by Gasteiger charge is -2.36. The highest BCUT2D eigenvalue weighted by Gasteiger charge is 2.41. The predicted molar refractivity (Wildman–Crippen MR) is 77.4 cm³/mol. The average Bonchev–Trinajstić information content (AvgIpc) is 3.02. The summed E-state index contributed by atoms with van der Waals surface area (Å²) in [6, 6.07) is 10.0. The van der Waals surface area contributed by atoms with Crippen molar-refractivity contribution < 1.29 is 4.79 Å². The topological polar surface area (TPSA) is 69.8 Å². The summed E-state index contributed by atoms with van der Waals surface area (Å²) < 4.78 is 0. The molecule has 0 atom stereocenters. The first-order chi connectivity index (χ1) is 9.81. The predicted octanol–water partition coefficient (Wildman–Crippen LogP) is 1.67. The summed E-state index contributed by atoms with van der Waals surface area (Å²) >= 11 is 0. The van der Waals surface area contributed by atoms with Crippen molar-refractivity contribution >= 4 is 11.9 Å². The normalized spacial score (nSPS) is 17.6. The Kier molecular flexibility index (Phi) is 3.52. The molecule has 0 saturated carbocycles. The zero-order valence-electron chi connectivity index (χ0n) is 11.2. The number of imidazole rings is 1. The summed E-state index contributed by atoms with van der Waals surface area (Å²) in [6.07, 6.45) is 4.92. The standard InChI is InChI=1S/C15H18N4O/c20-13(19-14-17-10-11-18-14)15(6-8-16-9-7-15)12-4-2-1-3-5-12/h1-5,10-11,16H,6-9H2,(H2,17,18,19,20). The van der Waals surface area contributed by atoms with Crippen molar-refractivity contribution in [2.45, 2.75) is 18.3 Å². The molecule has 1 saturated heterocycles. The Labute approximate surface area is 117 Å². The molecule has 1 aliphatic rings. The largest absolute Gasteiger partial charge is 0.331 e. The monoisotopic (exact) mass is 270 g/mol. The first-order valence-corrected chi connectivity index (χ1v) is 6.88. The van der Waals surface area contributed by atoms with Crippen molar-refractivity contribution in [2.75, 3.05) is 18.4 Å². The van der Waals surface area contributed by atoms with Crippen LogP contribution in [-0.2, 0) is 10.2 Å². The van der Waals surface area contributed by atoms with Gasteiger partial charge in [0.05, 0.1) is 5.41 Å². The summed E-state index contributed by atoms with van der Waals surface area (Å²) in [7, 11) is 0. The van der Waals surface area contributed by atoms with E-state index in [9.17, 15) is 4.79 Å². The van der Waals surface area contributed by atoms with Crippen molar-refractivity contribution in [3.8, 4) is 0 Å². The van der Waals surface area contributed by atoms with Gasteiger partial charge in [0, 0.05) is 12.4 Å². The van der Waals surface area contributed by atoms with Gasteiger partial charge in [0.25, 0.3) is 0 Å². The number of carbonyl (C=O) groups is 1. The number of aromatic amines is 1. The Morgan fingerprint density at radius 1 is 1.20 bits per heavy atom. The molecule has 1 fully saturated rings. The first-order valence-electron chi connectivity index (χ1n) is 6.88. The third kappa shape index (κ3) is 2.32. The fraction of sp³-hybridized carbons (Fsp3) is 0.333. The number of hydrogen-bond acceptors (Lipinski definition) is 3. The molecule has 0 spiro atoms. The minimum Gasteiger partial charge on any atom is -0.331 e. The van der Waals surface area contributed by atoms with Crippen LogP contribution in [0.3, 0.4) is 0 Å². The van der Waals surface area contributed by atoms with Crippen LogP contribution in [0.1, 0.15) is 18.4 Å². The number of benzene rings is 1. The number of piperidine rings is 1. The number of nitrogens with zero attached hydrogens (tertiary/aromatic N) is 1. The van der Waals surface area contributed by atoms with E-state index in [0.29, 0.717) is 5.95 Å². The van der Waals surface area contributed by atoms with Gasteiger partial charge in [-0.3, -0.25) is 10.1 Å². The Bertz CT molecular complexity index is 559. The fourth-order valence-electron chi connectivity index (χ4n) is 2.82. The number of carbonyl (C=O) groups excluding carboxylic acids is 1. The Balaban J connectivity index is 1.91. The lowest BCUT2D eigenvalue weighted by Crippen LogP contribution is -2.48. The Morgan fingerprint density at radius 2 is 1.95 bits per heavy atom. The quantitative estimate of drug-likeness (QED) is 0.794. The van der Waals surface area contributed by atoms with Crippen molar-refractivity contribution in [3.05, 3.63) is 48.3 Å². The number of rotatable bonds is 3. The smallest absolute Gasteiger partial charge is 0.237 e. The highest BCUT2D eigenvalue weighted by Crippen LogP contribution is 2.34. The maximum Gasteiger partial charge on any atom is 0.237 e. The van der Waals surface area contributed by atoms with Gasteiger partial charge in [-0.15, -0.1) is 0 Å². The zero-order valence-corrected chi connectivity index (χ0v) is 11.2. The van der Waals surface area contributed by atoms with E-state index in [1.807, 2.05) is 30.3 Å². The second kappa shape index (κ2) is 5.46. The van der Waals surface area contributed by atoms with Gasteiger partial charge in [-0.05, 0) is 31.5 Å². The molecule has 0 radical (unpaired) electrons. The van der Waals surface area contributed by atoms with E-state index in [1.165, 1.54) is 0 Å². The minimum atomic E-state index is -0.473. The van der Waals surface area contributed by atoms with Crippen molar-refractivity contribution in [3.63, 3.8) is 0 Å². The number of anilines is 1. The molecule has 5 heteroatoms. The van der Waals surface area contributed by atoms with Crippen LogP contribution in [-0.4, -0.2) is 29.0 Å². The van der Waals surface area contributed by atoms with Crippen LogP contribution in [0.15, 0.2) is 42.7 Å². The van der Waals surface area contributed by atoms with E-state index in [-0.39, 0.29) is 5.91 Å². The molecule has 3 N–H and O–H groups in total. The van der Waals surface area contributed by atoms with Gasteiger partial charge in [-0.2, -0.15) is 0 Å². The molecule has 2 aromatic rings. The fourth-order valence-corrected chi connectivity index (χ4v) is 2.82. The van der Waals surface area contributed by atoms with E-state index in [2.05, 4.69) is 20.6 Å². The minimum absolute atomic E-state index is 0.0140. The Hall–Kier alpha value is -2.14. The molecule has 1 aromatic heterocycles. The van der Waals surface area contributed by atoms with Crippen molar-refractivity contribution in [1.29, 1.82) is 0 Å². The number of hydrogen-bond donors (Lipinski definition) is 3. The van der Waals surface area contributed by atoms with E-state index in [0.717, 1.165) is 31.5 Å². The molecule has 1 amide bonds. The molecule has 3 rings (SSSR count). The molecule has 0 aliphatic carbocycles. The van der Waals surface area contributed by atoms with Crippen molar-refractivity contribution in [1.82, 2.24) is 15.3 Å². The molecule has 2 heterocycles. The second-order valence-electron chi connectivity index (χ2n) is 5.09. The lowest BCUT2D eigenvalue weighted by molar-refractivity contribution is -0.122. The summed E-state index contributed by atoms with van der Waals surface area (Å²) in [5, 5.41) is 6.22. The second-order valence-corrected chi connectivity index (χ2v) is 5.09. The third-order valence-corrected chi connectivity index (χ3v) is 3.95. The molecule has 0 bridgehead atoms. The molecule has 1 aliphatic heterocycles. The molecule has 5 nitrogen and oxygen atoms in total. The van der Waals surface area contributed by atoms with Crippen LogP contribution in [0.4, 0.5) is 5.95 Å². The van der Waals surface area contributed by atoms with Gasteiger partial charge in [-0.1, -0.05) is 30.3 Å². The van der Waals surface area contributed by atoms with Crippen LogP contribution >= 0.6 is 0 Å². The molecular formula is C15H18N4O. The van der Waals surface area contributed by atoms with E-state index in [4.69, 9.17) is 0 Å². The van der Waals surface area contributed by atoms with Crippen LogP contribution < -0.4 is 10.6 Å². The molecular weight excluding hydrogens is 252 g/mol. The van der Waals surface area contributed by atoms with Gasteiger partial charge in [0.1, 0.15) is 0 Å². The van der Waals surface area contributed by atoms with Gasteiger partial charge in [0.2, 0.25) is 11.9 Å². The average molecular weight is 270 g/mol. The summed E-state index contributed by atoms with van der Waals surface area (Å²) in [5.74, 6) is 0.518. The van der Waals surface area contributed by atoms with Crippen LogP contribution in [0.5, 0.6) is 0 Å². The molecule has 20 heavy (non-hydrogen) atoms. The first kappa shape index (κ1) is 12.9. The Morgan fingerprint density at radius 3 is 2.60 bits per heavy atom. The summed E-state index contributed by atoms with van der Waals surface area (Å²) in [5.41, 5.74) is 0.602. The SMILES string of the molecule is O=C(Nc1ncc[nH]1)C1(c2ccccc2)CCNCC1. The van der Waals surface area contributed by atoms with Gasteiger partial charge in [-0.25, -0.2) is 4.98 Å². The highest BCUT2D eigenvalue weighted by atomic mass is 16.2. The zero-order chi connectivity index (χ0) is 13.8. The lowest BCUT2D eigenvalue weighted by atomic mass is 9.72. The van der Waals surface area contributed by atoms with Gasteiger partial charge < -0.3 is 10.3 Å². The third-order valence-electron chi connectivity index (χ3n) is 3.95. The van der Waals surface area contributed by atoms with E-state index >= 15 is 0 Å². The van der Waals surface area contributed by atoms with E-state index < -0.39 is 5.41 Å². The number of amides is 1.